The first-order valence-corrected chi connectivity index (χ1v) is 8.23. The Morgan fingerprint density at radius 2 is 1.92 bits per heavy atom. The zero-order chi connectivity index (χ0) is 17.8. The van der Waals surface area contributed by atoms with Crippen molar-refractivity contribution in [1.29, 1.82) is 0 Å². The number of hydrogen-bond donors (Lipinski definition) is 0. The number of aryl methyl sites for hydroxylation is 1. The molecule has 0 aliphatic carbocycles. The lowest BCUT2D eigenvalue weighted by molar-refractivity contribution is -0.0499. The number of nitrogens with zero attached hydrogens (tertiary/aromatic N) is 3. The van der Waals surface area contributed by atoms with Crippen LogP contribution in [-0.4, -0.2) is 22.6 Å². The molecular weight excluding hydrogens is 392 g/mol. The second-order valence-electron chi connectivity index (χ2n) is 5.21. The van der Waals surface area contributed by atoms with Crippen LogP contribution in [0.3, 0.4) is 0 Å². The molecule has 3 rings (SSSR count). The highest BCUT2D eigenvalue weighted by Gasteiger charge is 2.10. The van der Waals surface area contributed by atoms with Crippen molar-refractivity contribution in [1.82, 2.24) is 9.78 Å². The summed E-state index contributed by atoms with van der Waals surface area (Å²) in [6.07, 6.45) is 1.48. The Morgan fingerprint density at radius 1 is 1.16 bits per heavy atom. The molecule has 1 heterocycles. The Balaban J connectivity index is 1.97. The molecule has 0 aliphatic heterocycles. The molecule has 128 valence electrons. The molecule has 0 unspecified atom stereocenters. The van der Waals surface area contributed by atoms with Gasteiger partial charge in [-0.15, -0.1) is 0 Å². The van der Waals surface area contributed by atoms with Crippen LogP contribution in [0.2, 0.25) is 0 Å². The van der Waals surface area contributed by atoms with Crippen molar-refractivity contribution in [2.45, 2.75) is 13.5 Å². The van der Waals surface area contributed by atoms with E-state index in [-0.39, 0.29) is 5.75 Å². The lowest BCUT2D eigenvalue weighted by Gasteiger charge is -2.08. The van der Waals surface area contributed by atoms with Crippen molar-refractivity contribution in [3.63, 3.8) is 0 Å². The van der Waals surface area contributed by atoms with Gasteiger partial charge >= 0.3 is 6.61 Å². The maximum Gasteiger partial charge on any atom is 0.387 e. The van der Waals surface area contributed by atoms with Crippen LogP contribution in [0.25, 0.3) is 5.69 Å². The SMILES string of the molecule is Cc1cc(/N=C/c2cc(Br)ccc2OC(F)F)n(-c2ccccc2)n1. The van der Waals surface area contributed by atoms with Gasteiger partial charge in [0, 0.05) is 22.3 Å². The Morgan fingerprint density at radius 3 is 2.64 bits per heavy atom. The molecular formula is C18H14BrF2N3O. The molecule has 0 spiro atoms. The normalized spacial score (nSPS) is 11.4. The zero-order valence-corrected chi connectivity index (χ0v) is 14.8. The Bertz CT molecular complexity index is 895. The average Bonchev–Trinajstić information content (AvgIpc) is 2.96. The van der Waals surface area contributed by atoms with E-state index in [0.717, 1.165) is 15.9 Å². The van der Waals surface area contributed by atoms with Crippen LogP contribution in [0.4, 0.5) is 14.6 Å². The van der Waals surface area contributed by atoms with Crippen LogP contribution in [0, 0.1) is 6.92 Å². The third-order valence-electron chi connectivity index (χ3n) is 3.34. The first kappa shape index (κ1) is 17.3. The lowest BCUT2D eigenvalue weighted by Crippen LogP contribution is -2.04. The molecule has 0 saturated carbocycles. The number of rotatable bonds is 5. The van der Waals surface area contributed by atoms with Crippen LogP contribution in [-0.2, 0) is 0 Å². The molecule has 0 bridgehead atoms. The average molecular weight is 406 g/mol. The minimum Gasteiger partial charge on any atom is -0.434 e. The third kappa shape index (κ3) is 4.30. The number of para-hydroxylation sites is 1. The van der Waals surface area contributed by atoms with Crippen molar-refractivity contribution in [2.24, 2.45) is 4.99 Å². The summed E-state index contributed by atoms with van der Waals surface area (Å²) in [5, 5.41) is 4.42. The Kier molecular flexibility index (Phi) is 5.23. The van der Waals surface area contributed by atoms with E-state index in [9.17, 15) is 8.78 Å². The van der Waals surface area contributed by atoms with Crippen LogP contribution in [0.15, 0.2) is 64.1 Å². The van der Waals surface area contributed by atoms with Gasteiger partial charge in [0.15, 0.2) is 5.82 Å². The Hall–Kier alpha value is -2.54. The van der Waals surface area contributed by atoms with Crippen LogP contribution < -0.4 is 4.74 Å². The van der Waals surface area contributed by atoms with E-state index in [0.29, 0.717) is 11.4 Å². The van der Waals surface area contributed by atoms with Crippen molar-refractivity contribution < 1.29 is 13.5 Å². The molecule has 3 aromatic rings. The molecule has 0 fully saturated rings. The van der Waals surface area contributed by atoms with Crippen molar-refractivity contribution in [3.05, 3.63) is 70.3 Å². The minimum atomic E-state index is -2.90. The van der Waals surface area contributed by atoms with E-state index in [2.05, 4.69) is 30.8 Å². The topological polar surface area (TPSA) is 39.4 Å². The van der Waals surface area contributed by atoms with E-state index in [1.54, 1.807) is 16.8 Å². The number of halogens is 3. The second kappa shape index (κ2) is 7.57. The van der Waals surface area contributed by atoms with Gasteiger partial charge < -0.3 is 4.74 Å². The predicted octanol–water partition coefficient (Wildman–Crippen LogP) is 5.30. The summed E-state index contributed by atoms with van der Waals surface area (Å²) in [6.45, 7) is -1.03. The van der Waals surface area contributed by atoms with E-state index in [4.69, 9.17) is 0 Å². The molecule has 25 heavy (non-hydrogen) atoms. The fraction of sp³-hybridized carbons (Fsp3) is 0.111. The fourth-order valence-corrected chi connectivity index (χ4v) is 2.67. The van der Waals surface area contributed by atoms with E-state index < -0.39 is 6.61 Å². The molecule has 0 saturated heterocycles. The maximum atomic E-state index is 12.6. The monoisotopic (exact) mass is 405 g/mol. The van der Waals surface area contributed by atoms with Crippen LogP contribution in [0.5, 0.6) is 5.75 Å². The van der Waals surface area contributed by atoms with E-state index in [1.807, 2.05) is 43.3 Å². The van der Waals surface area contributed by atoms with Gasteiger partial charge in [-0.2, -0.15) is 13.9 Å². The largest absolute Gasteiger partial charge is 0.434 e. The standard InChI is InChI=1S/C18H14BrF2N3O/c1-12-9-17(24(23-12)15-5-3-2-4-6-15)22-11-13-10-14(19)7-8-16(13)25-18(20)21/h2-11,18H,1H3/b22-11+. The number of alkyl halides is 2. The van der Waals surface area contributed by atoms with Gasteiger partial charge in [-0.1, -0.05) is 34.1 Å². The van der Waals surface area contributed by atoms with Crippen LogP contribution in [0.1, 0.15) is 11.3 Å². The molecule has 2 aromatic carbocycles. The number of benzene rings is 2. The number of aliphatic imine (C=N–C) groups is 1. The van der Waals surface area contributed by atoms with Gasteiger partial charge in [-0.05, 0) is 37.3 Å². The second-order valence-corrected chi connectivity index (χ2v) is 6.13. The zero-order valence-electron chi connectivity index (χ0n) is 13.2. The molecule has 0 amide bonds. The highest BCUT2D eigenvalue weighted by atomic mass is 79.9. The summed E-state index contributed by atoms with van der Waals surface area (Å²) < 4.78 is 32.1. The number of hydrogen-bond acceptors (Lipinski definition) is 3. The van der Waals surface area contributed by atoms with Gasteiger partial charge in [-0.3, -0.25) is 0 Å². The van der Waals surface area contributed by atoms with E-state index >= 15 is 0 Å². The van der Waals surface area contributed by atoms with Gasteiger partial charge in [0.1, 0.15) is 5.75 Å². The molecule has 0 aliphatic rings. The van der Waals surface area contributed by atoms with E-state index in [1.165, 1.54) is 12.3 Å². The first-order chi connectivity index (χ1) is 12.0. The molecule has 0 radical (unpaired) electrons. The van der Waals surface area contributed by atoms with Gasteiger partial charge in [-0.25, -0.2) is 9.67 Å². The smallest absolute Gasteiger partial charge is 0.387 e. The molecule has 0 atom stereocenters. The number of ether oxygens (including phenoxy) is 1. The Labute approximate surface area is 151 Å². The van der Waals surface area contributed by atoms with Crippen molar-refractivity contribution in [3.8, 4) is 11.4 Å². The summed E-state index contributed by atoms with van der Waals surface area (Å²) in [6, 6.07) is 16.1. The van der Waals surface area contributed by atoms with Gasteiger partial charge in [0.05, 0.1) is 11.4 Å². The quantitative estimate of drug-likeness (QED) is 0.540. The summed E-state index contributed by atoms with van der Waals surface area (Å²) in [4.78, 5) is 4.41. The lowest BCUT2D eigenvalue weighted by atomic mass is 10.2. The maximum absolute atomic E-state index is 12.6. The molecule has 4 nitrogen and oxygen atoms in total. The highest BCUT2D eigenvalue weighted by Crippen LogP contribution is 2.25. The predicted molar refractivity (Wildman–Crippen MR) is 96.3 cm³/mol. The molecule has 7 heteroatoms. The molecule has 0 N–H and O–H groups in total. The summed E-state index contributed by atoms with van der Waals surface area (Å²) >= 11 is 3.32. The van der Waals surface area contributed by atoms with Crippen molar-refractivity contribution >= 4 is 28.0 Å². The summed E-state index contributed by atoms with van der Waals surface area (Å²) in [5.41, 5.74) is 2.10. The van der Waals surface area contributed by atoms with Gasteiger partial charge in [0.2, 0.25) is 0 Å². The molecule has 1 aromatic heterocycles. The van der Waals surface area contributed by atoms with Gasteiger partial charge in [0.25, 0.3) is 0 Å². The summed E-state index contributed by atoms with van der Waals surface area (Å²) in [7, 11) is 0. The van der Waals surface area contributed by atoms with Crippen LogP contribution >= 0.6 is 15.9 Å². The fourth-order valence-electron chi connectivity index (χ4n) is 2.30. The highest BCUT2D eigenvalue weighted by molar-refractivity contribution is 9.10. The first-order valence-electron chi connectivity index (χ1n) is 7.43. The minimum absolute atomic E-state index is 0.0597. The number of aromatic nitrogens is 2. The summed E-state index contributed by atoms with van der Waals surface area (Å²) in [5.74, 6) is 0.649. The third-order valence-corrected chi connectivity index (χ3v) is 3.83. The van der Waals surface area contributed by atoms with Crippen molar-refractivity contribution in [2.75, 3.05) is 0 Å².